The van der Waals surface area contributed by atoms with Crippen LogP contribution in [0.2, 0.25) is 0 Å². The van der Waals surface area contributed by atoms with Gasteiger partial charge in [0.2, 0.25) is 0 Å². The van der Waals surface area contributed by atoms with Crippen LogP contribution in [-0.2, 0) is 6.42 Å². The molecule has 1 aromatic carbocycles. The first-order valence-electron chi connectivity index (χ1n) is 5.55. The summed E-state index contributed by atoms with van der Waals surface area (Å²) < 4.78 is 18.9. The third-order valence-electron chi connectivity index (χ3n) is 2.62. The highest BCUT2D eigenvalue weighted by Gasteiger charge is 2.12. The molecule has 2 aromatic rings. The predicted octanol–water partition coefficient (Wildman–Crippen LogP) is 2.79. The summed E-state index contributed by atoms with van der Waals surface area (Å²) in [6.07, 6.45) is 0.666. The Hall–Kier alpha value is -1.27. The van der Waals surface area contributed by atoms with Gasteiger partial charge in [-0.2, -0.15) is 4.98 Å². The van der Waals surface area contributed by atoms with E-state index in [0.29, 0.717) is 28.2 Å². The van der Waals surface area contributed by atoms with Crippen LogP contribution in [0.5, 0.6) is 0 Å². The second-order valence-corrected chi connectivity index (χ2v) is 4.89. The van der Waals surface area contributed by atoms with Gasteiger partial charge in [-0.15, -0.1) is 0 Å². The van der Waals surface area contributed by atoms with Crippen LogP contribution in [0.1, 0.15) is 12.7 Å². The molecule has 4 nitrogen and oxygen atoms in total. The minimum absolute atomic E-state index is 0.261. The molecular weight excluding hydrogens is 301 g/mol. The average Bonchev–Trinajstić information content (AvgIpc) is 2.81. The molecule has 6 heteroatoms. The molecule has 1 atom stereocenters. The van der Waals surface area contributed by atoms with Crippen molar-refractivity contribution < 1.29 is 8.91 Å². The van der Waals surface area contributed by atoms with Crippen LogP contribution in [0.4, 0.5) is 4.39 Å². The first-order chi connectivity index (χ1) is 8.60. The lowest BCUT2D eigenvalue weighted by molar-refractivity contribution is 0.418. The lowest BCUT2D eigenvalue weighted by Crippen LogP contribution is -2.24. The van der Waals surface area contributed by atoms with Crippen LogP contribution in [0.3, 0.4) is 0 Å². The van der Waals surface area contributed by atoms with Gasteiger partial charge in [0.25, 0.3) is 5.89 Å². The SMILES string of the molecule is CNC(C)Cc1noc(-c2ccc(Br)c(F)c2)n1. The molecule has 0 bridgehead atoms. The second kappa shape index (κ2) is 5.58. The van der Waals surface area contributed by atoms with Gasteiger partial charge in [-0.3, -0.25) is 0 Å². The molecule has 0 aliphatic carbocycles. The Morgan fingerprint density at radius 1 is 1.50 bits per heavy atom. The van der Waals surface area contributed by atoms with Gasteiger partial charge in [0.15, 0.2) is 5.82 Å². The predicted molar refractivity (Wildman–Crippen MR) is 69.6 cm³/mol. The van der Waals surface area contributed by atoms with E-state index < -0.39 is 0 Å². The van der Waals surface area contributed by atoms with E-state index in [1.54, 1.807) is 12.1 Å². The largest absolute Gasteiger partial charge is 0.334 e. The van der Waals surface area contributed by atoms with Crippen LogP contribution in [0, 0.1) is 5.82 Å². The molecule has 0 amide bonds. The molecular formula is C12H13BrFN3O. The van der Waals surface area contributed by atoms with Crippen LogP contribution in [0.15, 0.2) is 27.2 Å². The van der Waals surface area contributed by atoms with Crippen molar-refractivity contribution >= 4 is 15.9 Å². The molecule has 1 N–H and O–H groups in total. The van der Waals surface area contributed by atoms with Gasteiger partial charge in [0, 0.05) is 18.0 Å². The molecule has 2 rings (SSSR count). The molecule has 0 radical (unpaired) electrons. The van der Waals surface area contributed by atoms with Gasteiger partial charge in [-0.25, -0.2) is 4.39 Å². The smallest absolute Gasteiger partial charge is 0.258 e. The first kappa shape index (κ1) is 13.2. The van der Waals surface area contributed by atoms with Crippen LogP contribution >= 0.6 is 15.9 Å². The Bertz CT molecular complexity index is 544. The van der Waals surface area contributed by atoms with Gasteiger partial charge in [0.05, 0.1) is 4.47 Å². The summed E-state index contributed by atoms with van der Waals surface area (Å²) in [5, 5.41) is 6.96. The molecule has 1 heterocycles. The first-order valence-corrected chi connectivity index (χ1v) is 6.34. The minimum Gasteiger partial charge on any atom is -0.334 e. The van der Waals surface area contributed by atoms with Crippen molar-refractivity contribution in [3.05, 3.63) is 34.3 Å². The topological polar surface area (TPSA) is 51.0 Å². The van der Waals surface area contributed by atoms with Crippen molar-refractivity contribution in [1.82, 2.24) is 15.5 Å². The highest BCUT2D eigenvalue weighted by molar-refractivity contribution is 9.10. The second-order valence-electron chi connectivity index (χ2n) is 4.04. The Labute approximate surface area is 113 Å². The monoisotopic (exact) mass is 313 g/mol. The standard InChI is InChI=1S/C12H13BrFN3O/c1-7(15-2)5-11-16-12(18-17-11)8-3-4-9(13)10(14)6-8/h3-4,6-7,15H,5H2,1-2H3. The average molecular weight is 314 g/mol. The quantitative estimate of drug-likeness (QED) is 0.943. The summed E-state index contributed by atoms with van der Waals surface area (Å²) >= 11 is 3.10. The number of benzene rings is 1. The van der Waals surface area contributed by atoms with Gasteiger partial charge in [0.1, 0.15) is 5.82 Å². The summed E-state index contributed by atoms with van der Waals surface area (Å²) in [6, 6.07) is 4.97. The molecule has 18 heavy (non-hydrogen) atoms. The summed E-state index contributed by atoms with van der Waals surface area (Å²) in [6.45, 7) is 2.02. The van der Waals surface area contributed by atoms with E-state index in [9.17, 15) is 4.39 Å². The van der Waals surface area contributed by atoms with Crippen LogP contribution in [-0.4, -0.2) is 23.2 Å². The molecule has 1 aromatic heterocycles. The number of hydrogen-bond donors (Lipinski definition) is 1. The fourth-order valence-corrected chi connectivity index (χ4v) is 1.71. The van der Waals surface area contributed by atoms with E-state index in [4.69, 9.17) is 4.52 Å². The zero-order valence-electron chi connectivity index (χ0n) is 10.1. The fraction of sp³-hybridized carbons (Fsp3) is 0.333. The number of rotatable bonds is 4. The zero-order valence-corrected chi connectivity index (χ0v) is 11.7. The highest BCUT2D eigenvalue weighted by atomic mass is 79.9. The Morgan fingerprint density at radius 3 is 2.94 bits per heavy atom. The van der Waals surface area contributed by atoms with Crippen molar-refractivity contribution in [2.75, 3.05) is 7.05 Å². The van der Waals surface area contributed by atoms with Gasteiger partial charge in [-0.05, 0) is 48.1 Å². The molecule has 1 unspecified atom stereocenters. The van der Waals surface area contributed by atoms with Gasteiger partial charge < -0.3 is 9.84 Å². The Kier molecular flexibility index (Phi) is 4.08. The Morgan fingerprint density at radius 2 is 2.28 bits per heavy atom. The number of likely N-dealkylation sites (N-methyl/N-ethyl adjacent to an activating group) is 1. The molecule has 0 spiro atoms. The molecule has 96 valence electrons. The third kappa shape index (κ3) is 2.94. The van der Waals surface area contributed by atoms with E-state index in [2.05, 4.69) is 31.4 Å². The lowest BCUT2D eigenvalue weighted by atomic mass is 10.2. The molecule has 0 aliphatic rings. The van der Waals surface area contributed by atoms with E-state index in [0.717, 1.165) is 0 Å². The number of aromatic nitrogens is 2. The van der Waals surface area contributed by atoms with Gasteiger partial charge >= 0.3 is 0 Å². The summed E-state index contributed by atoms with van der Waals surface area (Å²) in [7, 11) is 1.87. The zero-order chi connectivity index (χ0) is 13.1. The molecule has 0 aliphatic heterocycles. The number of nitrogens with zero attached hydrogens (tertiary/aromatic N) is 2. The molecule has 0 saturated carbocycles. The summed E-state index contributed by atoms with van der Waals surface area (Å²) in [5.41, 5.74) is 0.576. The summed E-state index contributed by atoms with van der Waals surface area (Å²) in [4.78, 5) is 4.24. The maximum Gasteiger partial charge on any atom is 0.258 e. The van der Waals surface area contributed by atoms with E-state index in [1.807, 2.05) is 14.0 Å². The highest BCUT2D eigenvalue weighted by Crippen LogP contribution is 2.23. The van der Waals surface area contributed by atoms with Crippen molar-refractivity contribution in [3.8, 4) is 11.5 Å². The van der Waals surface area contributed by atoms with E-state index in [1.165, 1.54) is 6.07 Å². The minimum atomic E-state index is -0.351. The fourth-order valence-electron chi connectivity index (χ4n) is 1.46. The lowest BCUT2D eigenvalue weighted by Gasteiger charge is -2.04. The molecule has 0 fully saturated rings. The normalized spacial score (nSPS) is 12.7. The number of halogens is 2. The van der Waals surface area contributed by atoms with Gasteiger partial charge in [-0.1, -0.05) is 5.16 Å². The van der Waals surface area contributed by atoms with Crippen molar-refractivity contribution in [2.45, 2.75) is 19.4 Å². The number of hydrogen-bond acceptors (Lipinski definition) is 4. The third-order valence-corrected chi connectivity index (χ3v) is 3.26. The molecule has 0 saturated heterocycles. The Balaban J connectivity index is 2.21. The maximum atomic E-state index is 13.4. The van der Waals surface area contributed by atoms with Crippen molar-refractivity contribution in [3.63, 3.8) is 0 Å². The van der Waals surface area contributed by atoms with Crippen LogP contribution < -0.4 is 5.32 Å². The maximum absolute atomic E-state index is 13.4. The van der Waals surface area contributed by atoms with Crippen molar-refractivity contribution in [2.24, 2.45) is 0 Å². The van der Waals surface area contributed by atoms with Crippen LogP contribution in [0.25, 0.3) is 11.5 Å². The van der Waals surface area contributed by atoms with E-state index in [-0.39, 0.29) is 11.9 Å². The number of nitrogens with one attached hydrogen (secondary N) is 1. The van der Waals surface area contributed by atoms with E-state index >= 15 is 0 Å². The summed E-state index contributed by atoms with van der Waals surface area (Å²) in [5.74, 6) is 0.589. The van der Waals surface area contributed by atoms with Crippen molar-refractivity contribution in [1.29, 1.82) is 0 Å².